The number of hydrogen-bond acceptors (Lipinski definition) is 5. The number of methoxy groups -OCH3 is 1. The number of para-hydroxylation sites is 1. The molecular weight excluding hydrogens is 432 g/mol. The van der Waals surface area contributed by atoms with Gasteiger partial charge in [-0.05, 0) is 37.8 Å². The van der Waals surface area contributed by atoms with Crippen molar-refractivity contribution in [3.8, 4) is 5.75 Å². The summed E-state index contributed by atoms with van der Waals surface area (Å²) < 4.78 is 5.29. The Labute approximate surface area is 200 Å². The lowest BCUT2D eigenvalue weighted by Gasteiger charge is -2.33. The third-order valence-corrected chi connectivity index (χ3v) is 6.19. The van der Waals surface area contributed by atoms with E-state index in [1.807, 2.05) is 54.6 Å². The van der Waals surface area contributed by atoms with E-state index < -0.39 is 12.1 Å². The number of piperidine rings is 1. The lowest BCUT2D eigenvalue weighted by molar-refractivity contribution is -0.137. The number of likely N-dealkylation sites (tertiary alicyclic amines) is 1. The molecule has 2 unspecified atom stereocenters. The fraction of sp³-hybridized carbons (Fsp3) is 0.423. The SMILES string of the molecule is COc1ccccc1CNC(=O)C(C)NC(=O)C1CCN(C(=O)C(N)Cc2ccccc2)CC1. The lowest BCUT2D eigenvalue weighted by atomic mass is 9.94. The highest BCUT2D eigenvalue weighted by Gasteiger charge is 2.30. The molecule has 0 aliphatic carbocycles. The minimum Gasteiger partial charge on any atom is -0.496 e. The van der Waals surface area contributed by atoms with Crippen LogP contribution in [0, 0.1) is 5.92 Å². The summed E-state index contributed by atoms with van der Waals surface area (Å²) in [4.78, 5) is 39.6. The molecular formula is C26H34N4O4. The number of hydrogen-bond donors (Lipinski definition) is 3. The fourth-order valence-corrected chi connectivity index (χ4v) is 4.13. The van der Waals surface area contributed by atoms with Gasteiger partial charge in [-0.25, -0.2) is 0 Å². The van der Waals surface area contributed by atoms with Crippen LogP contribution in [0.5, 0.6) is 5.75 Å². The summed E-state index contributed by atoms with van der Waals surface area (Å²) in [6, 6.07) is 15.9. The first-order valence-electron chi connectivity index (χ1n) is 11.7. The second kappa shape index (κ2) is 12.2. The van der Waals surface area contributed by atoms with Gasteiger partial charge >= 0.3 is 0 Å². The summed E-state index contributed by atoms with van der Waals surface area (Å²) in [6.07, 6.45) is 1.58. The van der Waals surface area contributed by atoms with Crippen molar-refractivity contribution in [1.82, 2.24) is 15.5 Å². The Morgan fingerprint density at radius 2 is 1.71 bits per heavy atom. The Balaban J connectivity index is 1.42. The van der Waals surface area contributed by atoms with Gasteiger partial charge in [-0.1, -0.05) is 48.5 Å². The number of nitrogens with one attached hydrogen (secondary N) is 2. The fourth-order valence-electron chi connectivity index (χ4n) is 4.13. The van der Waals surface area contributed by atoms with Crippen molar-refractivity contribution in [2.24, 2.45) is 11.7 Å². The molecule has 3 amide bonds. The first-order valence-corrected chi connectivity index (χ1v) is 11.7. The number of amides is 3. The van der Waals surface area contributed by atoms with Gasteiger partial charge in [0.15, 0.2) is 0 Å². The topological polar surface area (TPSA) is 114 Å². The van der Waals surface area contributed by atoms with Crippen molar-refractivity contribution in [3.05, 3.63) is 65.7 Å². The van der Waals surface area contributed by atoms with Gasteiger partial charge in [-0.3, -0.25) is 14.4 Å². The number of carbonyl (C=O) groups is 3. The van der Waals surface area contributed by atoms with Crippen LogP contribution in [0.2, 0.25) is 0 Å². The highest BCUT2D eigenvalue weighted by atomic mass is 16.5. The van der Waals surface area contributed by atoms with Gasteiger partial charge in [-0.15, -0.1) is 0 Å². The first kappa shape index (κ1) is 25.2. The third kappa shape index (κ3) is 6.81. The molecule has 2 aromatic carbocycles. The molecule has 34 heavy (non-hydrogen) atoms. The van der Waals surface area contributed by atoms with Gasteiger partial charge in [0.05, 0.1) is 13.2 Å². The number of rotatable bonds is 9. The quantitative estimate of drug-likeness (QED) is 0.520. The molecule has 1 saturated heterocycles. The van der Waals surface area contributed by atoms with Gasteiger partial charge in [0, 0.05) is 31.1 Å². The van der Waals surface area contributed by atoms with E-state index in [2.05, 4.69) is 10.6 Å². The molecule has 1 heterocycles. The molecule has 8 nitrogen and oxygen atoms in total. The largest absolute Gasteiger partial charge is 0.496 e. The van der Waals surface area contributed by atoms with E-state index in [9.17, 15) is 14.4 Å². The lowest BCUT2D eigenvalue weighted by Crippen LogP contribution is -2.51. The van der Waals surface area contributed by atoms with Crippen molar-refractivity contribution >= 4 is 17.7 Å². The van der Waals surface area contributed by atoms with Gasteiger partial charge in [0.2, 0.25) is 17.7 Å². The number of benzene rings is 2. The van der Waals surface area contributed by atoms with Crippen LogP contribution in [0.25, 0.3) is 0 Å². The number of carbonyl (C=O) groups excluding carboxylic acids is 3. The van der Waals surface area contributed by atoms with Crippen LogP contribution in [0.3, 0.4) is 0 Å². The maximum Gasteiger partial charge on any atom is 0.242 e. The summed E-state index contributed by atoms with van der Waals surface area (Å²) in [5.74, 6) is -0.0608. The number of nitrogens with zero attached hydrogens (tertiary/aromatic N) is 1. The van der Waals surface area contributed by atoms with Crippen molar-refractivity contribution in [2.45, 2.75) is 44.8 Å². The normalized spacial score (nSPS) is 15.8. The summed E-state index contributed by atoms with van der Waals surface area (Å²) in [5, 5.41) is 5.64. The van der Waals surface area contributed by atoms with E-state index in [0.29, 0.717) is 44.6 Å². The van der Waals surface area contributed by atoms with Crippen molar-refractivity contribution in [2.75, 3.05) is 20.2 Å². The van der Waals surface area contributed by atoms with Crippen LogP contribution < -0.4 is 21.1 Å². The smallest absolute Gasteiger partial charge is 0.242 e. The Morgan fingerprint density at radius 1 is 1.06 bits per heavy atom. The maximum atomic E-state index is 12.7. The molecule has 182 valence electrons. The molecule has 0 spiro atoms. The standard InChI is InChI=1S/C26H34N4O4/c1-18(24(31)28-17-21-10-6-7-11-23(21)34-2)29-25(32)20-12-14-30(15-13-20)26(33)22(27)16-19-8-4-3-5-9-19/h3-11,18,20,22H,12-17,27H2,1-2H3,(H,28,31)(H,29,32). The molecule has 1 aliphatic heterocycles. The molecule has 4 N–H and O–H groups in total. The molecule has 0 aromatic heterocycles. The van der Waals surface area contributed by atoms with Crippen LogP contribution in [0.15, 0.2) is 54.6 Å². The highest BCUT2D eigenvalue weighted by molar-refractivity contribution is 5.88. The summed E-state index contributed by atoms with van der Waals surface area (Å²) >= 11 is 0. The molecule has 2 atom stereocenters. The predicted octanol–water partition coefficient (Wildman–Crippen LogP) is 1.62. The van der Waals surface area contributed by atoms with E-state index in [0.717, 1.165) is 11.1 Å². The Bertz CT molecular complexity index is 974. The van der Waals surface area contributed by atoms with Gasteiger partial charge < -0.3 is 26.0 Å². The minimum absolute atomic E-state index is 0.0909. The average molecular weight is 467 g/mol. The number of ether oxygens (including phenoxy) is 1. The van der Waals surface area contributed by atoms with Crippen LogP contribution >= 0.6 is 0 Å². The molecule has 0 saturated carbocycles. The van der Waals surface area contributed by atoms with E-state index >= 15 is 0 Å². The minimum atomic E-state index is -0.666. The van der Waals surface area contributed by atoms with Gasteiger partial charge in [-0.2, -0.15) is 0 Å². The summed E-state index contributed by atoms with van der Waals surface area (Å²) in [7, 11) is 1.58. The summed E-state index contributed by atoms with van der Waals surface area (Å²) in [6.45, 7) is 2.94. The summed E-state index contributed by atoms with van der Waals surface area (Å²) in [5.41, 5.74) is 8.02. The molecule has 3 rings (SSSR count). The van der Waals surface area contributed by atoms with E-state index in [-0.39, 0.29) is 23.6 Å². The molecule has 2 aromatic rings. The second-order valence-electron chi connectivity index (χ2n) is 8.66. The van der Waals surface area contributed by atoms with E-state index in [1.165, 1.54) is 0 Å². The van der Waals surface area contributed by atoms with Crippen LogP contribution in [0.4, 0.5) is 0 Å². The average Bonchev–Trinajstić information content (AvgIpc) is 2.87. The third-order valence-electron chi connectivity index (χ3n) is 6.19. The van der Waals surface area contributed by atoms with Crippen LogP contribution in [-0.2, 0) is 27.3 Å². The van der Waals surface area contributed by atoms with E-state index in [4.69, 9.17) is 10.5 Å². The molecule has 1 aliphatic rings. The second-order valence-corrected chi connectivity index (χ2v) is 8.66. The van der Waals surface area contributed by atoms with Crippen LogP contribution in [0.1, 0.15) is 30.9 Å². The zero-order valence-corrected chi connectivity index (χ0v) is 19.8. The Kier molecular flexibility index (Phi) is 9.04. The molecule has 1 fully saturated rings. The zero-order chi connectivity index (χ0) is 24.5. The Morgan fingerprint density at radius 3 is 2.38 bits per heavy atom. The first-order chi connectivity index (χ1) is 16.4. The van der Waals surface area contributed by atoms with Crippen molar-refractivity contribution in [1.29, 1.82) is 0 Å². The maximum absolute atomic E-state index is 12.7. The Hall–Kier alpha value is -3.39. The van der Waals surface area contributed by atoms with Gasteiger partial charge in [0.1, 0.15) is 11.8 Å². The molecule has 0 radical (unpaired) electrons. The van der Waals surface area contributed by atoms with E-state index in [1.54, 1.807) is 18.9 Å². The van der Waals surface area contributed by atoms with Crippen LogP contribution in [-0.4, -0.2) is 54.9 Å². The highest BCUT2D eigenvalue weighted by Crippen LogP contribution is 2.19. The number of nitrogens with two attached hydrogens (primary N) is 1. The predicted molar refractivity (Wildman–Crippen MR) is 130 cm³/mol. The van der Waals surface area contributed by atoms with Crippen molar-refractivity contribution < 1.29 is 19.1 Å². The monoisotopic (exact) mass is 466 g/mol. The van der Waals surface area contributed by atoms with Crippen molar-refractivity contribution in [3.63, 3.8) is 0 Å². The molecule has 0 bridgehead atoms. The zero-order valence-electron chi connectivity index (χ0n) is 19.8. The van der Waals surface area contributed by atoms with Gasteiger partial charge in [0.25, 0.3) is 0 Å². The molecule has 8 heteroatoms.